The van der Waals surface area contributed by atoms with Crippen LogP contribution >= 0.6 is 0 Å². The van der Waals surface area contributed by atoms with Crippen LogP contribution in [0.1, 0.15) is 207 Å². The van der Waals surface area contributed by atoms with Crippen LogP contribution in [-0.2, 0) is 9.59 Å². The van der Waals surface area contributed by atoms with Crippen LogP contribution in [0.3, 0.4) is 0 Å². The Balaban J connectivity index is 3.98. The van der Waals surface area contributed by atoms with Gasteiger partial charge < -0.3 is 0 Å². The van der Waals surface area contributed by atoms with Gasteiger partial charge in [0.1, 0.15) is 6.04 Å². The highest BCUT2D eigenvalue weighted by atomic mass is 16.2. The molecule has 258 valence electrons. The molecule has 0 radical (unpaired) electrons. The molecule has 0 atom stereocenters. The molecule has 3 nitrogen and oxygen atoms in total. The number of unbranched alkanes of at least 4 members (excludes halogenated alkanes) is 22. The zero-order valence-corrected chi connectivity index (χ0v) is 30.5. The average Bonchev–Trinajstić information content (AvgIpc) is 3.01. The van der Waals surface area contributed by atoms with Crippen molar-refractivity contribution in [2.24, 2.45) is 0 Å². The Labute approximate surface area is 276 Å². The SMILES string of the molecule is CCCCCCCC/C=C\CCCCCCCC(=O)C(C(=O)CCCCCCC/C=C\CCCCCCCC)N(C)C(C)C. The molecule has 0 amide bonds. The predicted octanol–water partition coefficient (Wildman–Crippen LogP) is 12.9. The number of hydrogen-bond acceptors (Lipinski definition) is 3. The van der Waals surface area contributed by atoms with Gasteiger partial charge >= 0.3 is 0 Å². The van der Waals surface area contributed by atoms with Crippen molar-refractivity contribution in [3.63, 3.8) is 0 Å². The first kappa shape index (κ1) is 42.8. The van der Waals surface area contributed by atoms with E-state index in [0.717, 1.165) is 25.7 Å². The van der Waals surface area contributed by atoms with Crippen LogP contribution in [0.15, 0.2) is 24.3 Å². The Kier molecular flexibility index (Phi) is 32.2. The molecule has 44 heavy (non-hydrogen) atoms. The Bertz CT molecular complexity index is 643. The molecule has 0 heterocycles. The van der Waals surface area contributed by atoms with Gasteiger partial charge in [0.25, 0.3) is 0 Å². The standard InChI is InChI=1S/C41H77NO2/c1-6-8-10-12-14-16-18-20-22-24-26-28-30-32-34-36-39(43)41(42(5)38(3)4)40(44)37-35-33-31-29-27-25-23-21-19-17-15-13-11-9-7-2/h20-23,38,41H,6-19,24-37H2,1-5H3/b22-20-,23-21-. The van der Waals surface area contributed by atoms with E-state index in [0.29, 0.717) is 12.8 Å². The maximum absolute atomic E-state index is 13.1. The van der Waals surface area contributed by atoms with Crippen LogP contribution in [-0.4, -0.2) is 35.6 Å². The van der Waals surface area contributed by atoms with Gasteiger partial charge in [-0.3, -0.25) is 14.5 Å². The molecule has 0 bridgehead atoms. The first-order chi connectivity index (χ1) is 21.5. The molecule has 0 saturated heterocycles. The van der Waals surface area contributed by atoms with E-state index >= 15 is 0 Å². The summed E-state index contributed by atoms with van der Waals surface area (Å²) in [6, 6.07) is -0.361. The number of ketones is 2. The predicted molar refractivity (Wildman–Crippen MR) is 196 cm³/mol. The number of allylic oxidation sites excluding steroid dienone is 4. The Morgan fingerprint density at radius 1 is 0.455 bits per heavy atom. The van der Waals surface area contributed by atoms with Crippen LogP contribution in [0.25, 0.3) is 0 Å². The number of Topliss-reactive ketones (excluding diaryl/α,β-unsaturated/α-hetero) is 2. The van der Waals surface area contributed by atoms with Crippen LogP contribution < -0.4 is 0 Å². The molecule has 0 spiro atoms. The Hall–Kier alpha value is -1.22. The van der Waals surface area contributed by atoms with Gasteiger partial charge in [0.2, 0.25) is 0 Å². The van der Waals surface area contributed by atoms with E-state index in [9.17, 15) is 9.59 Å². The van der Waals surface area contributed by atoms with E-state index in [-0.39, 0.29) is 17.6 Å². The minimum Gasteiger partial charge on any atom is -0.297 e. The highest BCUT2D eigenvalue weighted by Crippen LogP contribution is 2.16. The highest BCUT2D eigenvalue weighted by molar-refractivity contribution is 6.06. The smallest absolute Gasteiger partial charge is 0.157 e. The molecule has 0 aliphatic rings. The lowest BCUT2D eigenvalue weighted by Crippen LogP contribution is -2.47. The second-order valence-electron chi connectivity index (χ2n) is 13.8. The topological polar surface area (TPSA) is 37.4 Å². The molecule has 0 aliphatic heterocycles. The maximum atomic E-state index is 13.1. The summed E-state index contributed by atoms with van der Waals surface area (Å²) in [5.74, 6) is 0.271. The number of likely N-dealkylation sites (N-methyl/N-ethyl adjacent to an activating group) is 1. The molecule has 0 aromatic rings. The molecule has 0 aromatic carbocycles. The molecule has 0 aromatic heterocycles. The fourth-order valence-corrected chi connectivity index (χ4v) is 5.95. The van der Waals surface area contributed by atoms with E-state index in [1.807, 2.05) is 11.9 Å². The van der Waals surface area contributed by atoms with Crippen molar-refractivity contribution in [1.29, 1.82) is 0 Å². The Morgan fingerprint density at radius 3 is 1.02 bits per heavy atom. The van der Waals surface area contributed by atoms with Crippen molar-refractivity contribution in [1.82, 2.24) is 4.90 Å². The summed E-state index contributed by atoms with van der Waals surface area (Å²) >= 11 is 0. The van der Waals surface area contributed by atoms with E-state index in [4.69, 9.17) is 0 Å². The molecule has 0 N–H and O–H groups in total. The van der Waals surface area contributed by atoms with Crippen LogP contribution in [0.2, 0.25) is 0 Å². The zero-order chi connectivity index (χ0) is 32.5. The third-order valence-electron chi connectivity index (χ3n) is 9.20. The Morgan fingerprint density at radius 2 is 0.727 bits per heavy atom. The van der Waals surface area contributed by atoms with Gasteiger partial charge in [-0.25, -0.2) is 0 Å². The number of nitrogens with zero attached hydrogens (tertiary/aromatic N) is 1. The van der Waals surface area contributed by atoms with Crippen molar-refractivity contribution in [2.45, 2.75) is 220 Å². The summed E-state index contributed by atoms with van der Waals surface area (Å²) in [6.45, 7) is 8.71. The minimum atomic E-state index is -0.552. The van der Waals surface area contributed by atoms with Crippen molar-refractivity contribution in [3.8, 4) is 0 Å². The van der Waals surface area contributed by atoms with Gasteiger partial charge in [-0.05, 0) is 85.1 Å². The number of rotatable bonds is 34. The van der Waals surface area contributed by atoms with Gasteiger partial charge in [-0.15, -0.1) is 0 Å². The molecule has 3 heteroatoms. The third-order valence-corrected chi connectivity index (χ3v) is 9.20. The fraction of sp³-hybridized carbons (Fsp3) is 0.854. The molecular formula is C41H77NO2. The van der Waals surface area contributed by atoms with Crippen LogP contribution in [0, 0.1) is 0 Å². The molecule has 0 unspecified atom stereocenters. The quantitative estimate of drug-likeness (QED) is 0.0410. The largest absolute Gasteiger partial charge is 0.297 e. The summed E-state index contributed by atoms with van der Waals surface area (Å²) in [6.07, 6.45) is 43.1. The van der Waals surface area contributed by atoms with E-state index in [1.165, 1.54) is 141 Å². The maximum Gasteiger partial charge on any atom is 0.157 e. The van der Waals surface area contributed by atoms with E-state index in [1.54, 1.807) is 0 Å². The van der Waals surface area contributed by atoms with Gasteiger partial charge in [0, 0.05) is 18.9 Å². The van der Waals surface area contributed by atoms with E-state index in [2.05, 4.69) is 52.0 Å². The molecule has 0 fully saturated rings. The van der Waals surface area contributed by atoms with Gasteiger partial charge in [-0.1, -0.05) is 141 Å². The number of carbonyl (C=O) groups excluding carboxylic acids is 2. The molecule has 0 rings (SSSR count). The van der Waals surface area contributed by atoms with Crippen molar-refractivity contribution >= 4 is 11.6 Å². The van der Waals surface area contributed by atoms with Gasteiger partial charge in [0.05, 0.1) is 0 Å². The first-order valence-corrected chi connectivity index (χ1v) is 19.5. The number of hydrogen-bond donors (Lipinski definition) is 0. The molecule has 0 saturated carbocycles. The summed E-state index contributed by atoms with van der Waals surface area (Å²) in [5.41, 5.74) is 0. The highest BCUT2D eigenvalue weighted by Gasteiger charge is 2.30. The third kappa shape index (κ3) is 27.1. The summed E-state index contributed by atoms with van der Waals surface area (Å²) in [4.78, 5) is 28.3. The fourth-order valence-electron chi connectivity index (χ4n) is 5.95. The summed E-state index contributed by atoms with van der Waals surface area (Å²) in [5, 5.41) is 0. The van der Waals surface area contributed by atoms with Crippen molar-refractivity contribution in [3.05, 3.63) is 24.3 Å². The lowest BCUT2D eigenvalue weighted by molar-refractivity contribution is -0.135. The summed E-state index contributed by atoms with van der Waals surface area (Å²) in [7, 11) is 1.95. The lowest BCUT2D eigenvalue weighted by atomic mass is 9.96. The minimum absolute atomic E-state index is 0.136. The van der Waals surface area contributed by atoms with Crippen LogP contribution in [0.4, 0.5) is 0 Å². The average molecular weight is 616 g/mol. The summed E-state index contributed by atoms with van der Waals surface area (Å²) < 4.78 is 0. The monoisotopic (exact) mass is 616 g/mol. The lowest BCUT2D eigenvalue weighted by Gasteiger charge is -2.29. The van der Waals surface area contributed by atoms with Crippen molar-refractivity contribution in [2.75, 3.05) is 7.05 Å². The second-order valence-corrected chi connectivity index (χ2v) is 13.8. The van der Waals surface area contributed by atoms with Gasteiger partial charge in [0.15, 0.2) is 11.6 Å². The number of carbonyl (C=O) groups is 2. The van der Waals surface area contributed by atoms with Gasteiger partial charge in [-0.2, -0.15) is 0 Å². The second kappa shape index (κ2) is 33.2. The first-order valence-electron chi connectivity index (χ1n) is 19.5. The van der Waals surface area contributed by atoms with E-state index < -0.39 is 6.04 Å². The van der Waals surface area contributed by atoms with Crippen molar-refractivity contribution < 1.29 is 9.59 Å². The zero-order valence-electron chi connectivity index (χ0n) is 30.5. The normalized spacial score (nSPS) is 12.2. The molecular weight excluding hydrogens is 538 g/mol. The molecule has 0 aliphatic carbocycles. The van der Waals surface area contributed by atoms with Crippen LogP contribution in [0.5, 0.6) is 0 Å².